The van der Waals surface area contributed by atoms with Gasteiger partial charge in [0.2, 0.25) is 0 Å². The number of nitrogens with zero attached hydrogens (tertiary/aromatic N) is 2. The lowest BCUT2D eigenvalue weighted by molar-refractivity contribution is 0.793. The molecule has 0 aliphatic carbocycles. The van der Waals surface area contributed by atoms with Crippen LogP contribution >= 0.6 is 12.2 Å². The van der Waals surface area contributed by atoms with Gasteiger partial charge in [0.25, 0.3) is 0 Å². The van der Waals surface area contributed by atoms with Crippen molar-refractivity contribution in [1.82, 2.24) is 9.99 Å². The minimum atomic E-state index is 0.464. The molecule has 1 heterocycles. The molecule has 0 bridgehead atoms. The smallest absolute Gasteiger partial charge is 0.191 e. The second-order valence-corrected chi connectivity index (χ2v) is 8.00. The van der Waals surface area contributed by atoms with E-state index in [1.165, 1.54) is 22.3 Å². The molecule has 2 N–H and O–H groups in total. The zero-order chi connectivity index (χ0) is 20.8. The lowest BCUT2D eigenvalue weighted by Crippen LogP contribution is -2.24. The largest absolute Gasteiger partial charge is 0.342 e. The predicted octanol–water partition coefficient (Wildman–Crippen LogP) is 5.60. The van der Waals surface area contributed by atoms with Gasteiger partial charge in [0.05, 0.1) is 11.9 Å². The number of anilines is 1. The van der Waals surface area contributed by atoms with Crippen molar-refractivity contribution in [2.75, 3.05) is 5.32 Å². The van der Waals surface area contributed by atoms with E-state index >= 15 is 0 Å². The summed E-state index contributed by atoms with van der Waals surface area (Å²) in [5.74, 6) is 0.513. The zero-order valence-electron chi connectivity index (χ0n) is 17.4. The molecule has 0 saturated heterocycles. The summed E-state index contributed by atoms with van der Waals surface area (Å²) in [6.45, 7) is 9.44. The molecular weight excluding hydrogens is 376 g/mol. The Labute approximate surface area is 178 Å². The van der Waals surface area contributed by atoms with Crippen LogP contribution in [0.15, 0.2) is 65.9 Å². The lowest BCUT2D eigenvalue weighted by Gasteiger charge is -2.11. The number of aryl methyl sites for hydroxylation is 2. The Morgan fingerprint density at radius 2 is 1.86 bits per heavy atom. The Bertz CT molecular complexity index is 1000. The summed E-state index contributed by atoms with van der Waals surface area (Å²) in [6.07, 6.45) is 3.86. The highest BCUT2D eigenvalue weighted by atomic mass is 32.1. The van der Waals surface area contributed by atoms with Gasteiger partial charge in [-0.2, -0.15) is 5.10 Å². The number of hydrazone groups is 1. The van der Waals surface area contributed by atoms with Crippen molar-refractivity contribution in [3.8, 4) is 0 Å². The van der Waals surface area contributed by atoms with Crippen LogP contribution in [0.2, 0.25) is 0 Å². The molecule has 0 amide bonds. The predicted molar refractivity (Wildman–Crippen MR) is 127 cm³/mol. The molecule has 2 aromatic carbocycles. The maximum atomic E-state index is 5.34. The number of hydrogen-bond donors (Lipinski definition) is 2. The van der Waals surface area contributed by atoms with Gasteiger partial charge >= 0.3 is 0 Å². The molecule has 0 aliphatic heterocycles. The van der Waals surface area contributed by atoms with Gasteiger partial charge in [-0.3, -0.25) is 5.43 Å². The first-order valence-electron chi connectivity index (χ1n) is 9.83. The molecule has 0 spiro atoms. The Balaban J connectivity index is 1.59. The van der Waals surface area contributed by atoms with E-state index in [0.717, 1.165) is 17.9 Å². The Morgan fingerprint density at radius 3 is 2.59 bits per heavy atom. The van der Waals surface area contributed by atoms with Crippen molar-refractivity contribution in [3.05, 3.63) is 88.7 Å². The van der Waals surface area contributed by atoms with Gasteiger partial charge in [0, 0.05) is 18.4 Å². The lowest BCUT2D eigenvalue weighted by atomic mass is 10.0. The van der Waals surface area contributed by atoms with Crippen LogP contribution in [0.5, 0.6) is 0 Å². The van der Waals surface area contributed by atoms with E-state index in [2.05, 4.69) is 84.6 Å². The van der Waals surface area contributed by atoms with Gasteiger partial charge < -0.3 is 9.88 Å². The van der Waals surface area contributed by atoms with Crippen LogP contribution in [0.3, 0.4) is 0 Å². The van der Waals surface area contributed by atoms with E-state index in [0.29, 0.717) is 11.0 Å². The Kier molecular flexibility index (Phi) is 6.83. The molecular formula is C24H28N4S. The van der Waals surface area contributed by atoms with Crippen molar-refractivity contribution >= 4 is 29.2 Å². The van der Waals surface area contributed by atoms with Gasteiger partial charge in [0.1, 0.15) is 0 Å². The number of rotatable bonds is 6. The average molecular weight is 405 g/mol. The minimum absolute atomic E-state index is 0.464. The fraction of sp³-hybridized carbons (Fsp3) is 0.250. The van der Waals surface area contributed by atoms with Crippen molar-refractivity contribution in [1.29, 1.82) is 0 Å². The van der Waals surface area contributed by atoms with Crippen LogP contribution in [-0.4, -0.2) is 15.9 Å². The zero-order valence-corrected chi connectivity index (χ0v) is 18.3. The van der Waals surface area contributed by atoms with Crippen molar-refractivity contribution in [3.63, 3.8) is 0 Å². The summed E-state index contributed by atoms with van der Waals surface area (Å²) in [7, 11) is 0. The molecule has 0 aliphatic rings. The second-order valence-electron chi connectivity index (χ2n) is 7.59. The maximum Gasteiger partial charge on any atom is 0.191 e. The molecule has 0 saturated carbocycles. The summed E-state index contributed by atoms with van der Waals surface area (Å²) < 4.78 is 2.17. The molecule has 0 fully saturated rings. The fourth-order valence-corrected chi connectivity index (χ4v) is 3.28. The fourth-order valence-electron chi connectivity index (χ4n) is 3.11. The first-order chi connectivity index (χ1) is 13.9. The van der Waals surface area contributed by atoms with E-state index in [4.69, 9.17) is 12.2 Å². The molecule has 0 unspecified atom stereocenters. The third-order valence-electron chi connectivity index (χ3n) is 4.91. The van der Waals surface area contributed by atoms with Crippen LogP contribution in [0, 0.1) is 13.8 Å². The highest BCUT2D eigenvalue weighted by Gasteiger charge is 2.04. The van der Waals surface area contributed by atoms with Crippen molar-refractivity contribution < 1.29 is 0 Å². The summed E-state index contributed by atoms with van der Waals surface area (Å²) >= 11 is 5.34. The van der Waals surface area contributed by atoms with E-state index in [-0.39, 0.29) is 0 Å². The molecule has 1 aromatic heterocycles. The number of thiocarbonyl (C=S) groups is 1. The number of benzene rings is 2. The summed E-state index contributed by atoms with van der Waals surface area (Å²) in [5, 5.41) is 7.92. The molecule has 0 radical (unpaired) electrons. The number of aromatic nitrogens is 1. The van der Waals surface area contributed by atoms with Gasteiger partial charge in [-0.15, -0.1) is 0 Å². The minimum Gasteiger partial charge on any atom is -0.342 e. The normalized spacial score (nSPS) is 11.2. The van der Waals surface area contributed by atoms with Gasteiger partial charge in [-0.25, -0.2) is 0 Å². The summed E-state index contributed by atoms with van der Waals surface area (Å²) in [4.78, 5) is 0. The summed E-state index contributed by atoms with van der Waals surface area (Å²) in [5.41, 5.74) is 10.0. The average Bonchev–Trinajstić information content (AvgIpc) is 3.12. The van der Waals surface area contributed by atoms with Gasteiger partial charge in [0.15, 0.2) is 5.11 Å². The topological polar surface area (TPSA) is 41.4 Å². The van der Waals surface area contributed by atoms with Crippen LogP contribution in [0.4, 0.5) is 5.69 Å². The van der Waals surface area contributed by atoms with E-state index in [1.807, 2.05) is 24.3 Å². The van der Waals surface area contributed by atoms with E-state index < -0.39 is 0 Å². The molecule has 4 nitrogen and oxygen atoms in total. The summed E-state index contributed by atoms with van der Waals surface area (Å²) in [6, 6.07) is 18.9. The van der Waals surface area contributed by atoms with Gasteiger partial charge in [-0.05, 0) is 72.9 Å². The number of nitrogens with one attached hydrogen (secondary N) is 2. The molecule has 29 heavy (non-hydrogen) atoms. The van der Waals surface area contributed by atoms with E-state index in [9.17, 15) is 0 Å². The van der Waals surface area contributed by atoms with Crippen molar-refractivity contribution in [2.45, 2.75) is 40.2 Å². The first-order valence-corrected chi connectivity index (χ1v) is 10.2. The molecule has 3 rings (SSSR count). The van der Waals surface area contributed by atoms with Crippen LogP contribution < -0.4 is 10.7 Å². The monoisotopic (exact) mass is 404 g/mol. The van der Waals surface area contributed by atoms with Gasteiger partial charge in [-0.1, -0.05) is 49.7 Å². The van der Waals surface area contributed by atoms with Crippen molar-refractivity contribution in [2.24, 2.45) is 5.10 Å². The third kappa shape index (κ3) is 5.78. The van der Waals surface area contributed by atoms with Crippen LogP contribution in [0.1, 0.15) is 47.7 Å². The quantitative estimate of drug-likeness (QED) is 0.319. The number of hydrogen-bond acceptors (Lipinski definition) is 2. The third-order valence-corrected chi connectivity index (χ3v) is 5.10. The molecule has 3 aromatic rings. The molecule has 0 atom stereocenters. The molecule has 5 heteroatoms. The Hall–Kier alpha value is -2.92. The van der Waals surface area contributed by atoms with E-state index in [1.54, 1.807) is 6.21 Å². The highest BCUT2D eigenvalue weighted by Crippen LogP contribution is 2.17. The highest BCUT2D eigenvalue weighted by molar-refractivity contribution is 7.80. The Morgan fingerprint density at radius 1 is 1.10 bits per heavy atom. The first kappa shape index (κ1) is 20.8. The van der Waals surface area contributed by atoms with Crippen LogP contribution in [-0.2, 0) is 6.54 Å². The SMILES string of the molecule is Cc1ccc(C)c(Cn2cccc2/C=N/NC(=S)Nc2ccc(C(C)C)cc2)c1. The maximum absolute atomic E-state index is 5.34. The molecule has 150 valence electrons. The standard InChI is InChI=1S/C24H28N4S/c1-17(2)20-9-11-22(12-10-20)26-24(29)27-25-15-23-6-5-13-28(23)16-21-14-18(3)7-8-19(21)4/h5-15,17H,16H2,1-4H3,(H2,26,27,29)/b25-15+. The van der Waals surface area contributed by atoms with Crippen LogP contribution in [0.25, 0.3) is 0 Å². The second kappa shape index (κ2) is 9.52.